The predicted molar refractivity (Wildman–Crippen MR) is 67.1 cm³/mol. The molecule has 96 valence electrons. The standard InChI is InChI=1S/C12H18N6/c1-2-7-13-11(9-3-4-9)8-10-5-6-12-14-16-17-18(12)15-10/h5-6,9,11,13H,2-4,7-8H2,1H3. The van der Waals surface area contributed by atoms with Gasteiger partial charge in [0, 0.05) is 12.5 Å². The van der Waals surface area contributed by atoms with Gasteiger partial charge in [0.05, 0.1) is 5.69 Å². The number of hydrogen-bond donors (Lipinski definition) is 1. The van der Waals surface area contributed by atoms with E-state index in [0.29, 0.717) is 11.7 Å². The highest BCUT2D eigenvalue weighted by Crippen LogP contribution is 2.33. The molecule has 6 heteroatoms. The third kappa shape index (κ3) is 2.48. The smallest absolute Gasteiger partial charge is 0.199 e. The summed E-state index contributed by atoms with van der Waals surface area (Å²) in [5.74, 6) is 0.822. The van der Waals surface area contributed by atoms with Crippen LogP contribution in [0.3, 0.4) is 0 Å². The minimum Gasteiger partial charge on any atom is -0.313 e. The lowest BCUT2D eigenvalue weighted by molar-refractivity contribution is 0.453. The van der Waals surface area contributed by atoms with E-state index in [9.17, 15) is 0 Å². The fraction of sp³-hybridized carbons (Fsp3) is 0.667. The van der Waals surface area contributed by atoms with Gasteiger partial charge in [-0.05, 0) is 54.3 Å². The summed E-state index contributed by atoms with van der Waals surface area (Å²) < 4.78 is 1.50. The molecule has 1 N–H and O–H groups in total. The Bertz CT molecular complexity index is 518. The van der Waals surface area contributed by atoms with E-state index in [2.05, 4.69) is 32.9 Å². The van der Waals surface area contributed by atoms with Gasteiger partial charge in [-0.15, -0.1) is 9.73 Å². The molecule has 1 fully saturated rings. The van der Waals surface area contributed by atoms with Crippen molar-refractivity contribution in [1.29, 1.82) is 0 Å². The SMILES string of the molecule is CCCNC(Cc1ccc2nnnn2n1)C1CC1. The van der Waals surface area contributed by atoms with Crippen LogP contribution in [-0.2, 0) is 6.42 Å². The monoisotopic (exact) mass is 246 g/mol. The minimum absolute atomic E-state index is 0.548. The minimum atomic E-state index is 0.548. The maximum absolute atomic E-state index is 4.43. The molecule has 18 heavy (non-hydrogen) atoms. The van der Waals surface area contributed by atoms with Crippen LogP contribution in [-0.4, -0.2) is 37.8 Å². The second-order valence-electron chi connectivity index (χ2n) is 4.95. The fourth-order valence-corrected chi connectivity index (χ4v) is 2.25. The van der Waals surface area contributed by atoms with Gasteiger partial charge >= 0.3 is 0 Å². The first kappa shape index (κ1) is 11.5. The van der Waals surface area contributed by atoms with E-state index in [1.54, 1.807) is 0 Å². The van der Waals surface area contributed by atoms with E-state index in [-0.39, 0.29) is 0 Å². The van der Waals surface area contributed by atoms with Gasteiger partial charge in [-0.2, -0.15) is 5.10 Å². The summed E-state index contributed by atoms with van der Waals surface area (Å²) in [5, 5.41) is 19.4. The van der Waals surface area contributed by atoms with Gasteiger partial charge in [0.15, 0.2) is 5.65 Å². The molecule has 0 bridgehead atoms. The molecule has 0 aliphatic heterocycles. The van der Waals surface area contributed by atoms with Crippen molar-refractivity contribution in [2.75, 3.05) is 6.54 Å². The summed E-state index contributed by atoms with van der Waals surface area (Å²) in [4.78, 5) is 0. The average Bonchev–Trinajstić information content (AvgIpc) is 3.12. The molecule has 2 aromatic rings. The largest absolute Gasteiger partial charge is 0.313 e. The predicted octanol–water partition coefficient (Wildman–Crippen LogP) is 0.840. The molecule has 1 aliphatic carbocycles. The molecular weight excluding hydrogens is 228 g/mol. The Balaban J connectivity index is 1.72. The third-order valence-electron chi connectivity index (χ3n) is 3.40. The molecule has 6 nitrogen and oxygen atoms in total. The van der Waals surface area contributed by atoms with E-state index in [4.69, 9.17) is 0 Å². The van der Waals surface area contributed by atoms with Crippen molar-refractivity contribution in [2.45, 2.75) is 38.6 Å². The second-order valence-corrected chi connectivity index (χ2v) is 4.95. The molecule has 0 saturated heterocycles. The molecule has 0 spiro atoms. The zero-order chi connectivity index (χ0) is 12.4. The Hall–Kier alpha value is -1.56. The Morgan fingerprint density at radius 3 is 3.11 bits per heavy atom. The quantitative estimate of drug-likeness (QED) is 0.818. The van der Waals surface area contributed by atoms with Crippen molar-refractivity contribution in [3.05, 3.63) is 17.8 Å². The van der Waals surface area contributed by atoms with Crippen molar-refractivity contribution >= 4 is 5.65 Å². The molecular formula is C12H18N6. The lowest BCUT2D eigenvalue weighted by Crippen LogP contribution is -2.34. The molecule has 3 rings (SSSR count). The Labute approximate surface area is 106 Å². The van der Waals surface area contributed by atoms with Crippen molar-refractivity contribution in [3.63, 3.8) is 0 Å². The van der Waals surface area contributed by atoms with Crippen LogP contribution in [0.2, 0.25) is 0 Å². The first-order chi connectivity index (χ1) is 8.86. The van der Waals surface area contributed by atoms with Crippen LogP contribution < -0.4 is 5.32 Å². The van der Waals surface area contributed by atoms with Gasteiger partial charge in [0.1, 0.15) is 0 Å². The summed E-state index contributed by atoms with van der Waals surface area (Å²) in [6.07, 6.45) is 4.81. The van der Waals surface area contributed by atoms with Gasteiger partial charge in [0.2, 0.25) is 0 Å². The first-order valence-corrected chi connectivity index (χ1v) is 6.64. The molecule has 0 radical (unpaired) electrons. The van der Waals surface area contributed by atoms with E-state index in [1.807, 2.05) is 12.1 Å². The average molecular weight is 246 g/mol. The van der Waals surface area contributed by atoms with Crippen molar-refractivity contribution in [1.82, 2.24) is 30.6 Å². The van der Waals surface area contributed by atoms with Crippen molar-refractivity contribution < 1.29 is 0 Å². The van der Waals surface area contributed by atoms with Crippen LogP contribution >= 0.6 is 0 Å². The number of rotatable bonds is 6. The second kappa shape index (κ2) is 4.97. The molecule has 2 heterocycles. The zero-order valence-corrected chi connectivity index (χ0v) is 10.6. The summed E-state index contributed by atoms with van der Waals surface area (Å²) >= 11 is 0. The maximum atomic E-state index is 4.43. The maximum Gasteiger partial charge on any atom is 0.199 e. The topological polar surface area (TPSA) is 68.0 Å². The highest BCUT2D eigenvalue weighted by Gasteiger charge is 2.31. The number of hydrogen-bond acceptors (Lipinski definition) is 5. The number of aromatic nitrogens is 5. The number of nitrogens with zero attached hydrogens (tertiary/aromatic N) is 5. The molecule has 1 saturated carbocycles. The summed E-state index contributed by atoms with van der Waals surface area (Å²) in [5.41, 5.74) is 1.75. The number of tetrazole rings is 1. The van der Waals surface area contributed by atoms with Crippen LogP contribution in [0, 0.1) is 5.92 Å². The van der Waals surface area contributed by atoms with Crippen LogP contribution in [0.1, 0.15) is 31.9 Å². The molecule has 0 aromatic carbocycles. The fourth-order valence-electron chi connectivity index (χ4n) is 2.25. The van der Waals surface area contributed by atoms with Crippen LogP contribution in [0.4, 0.5) is 0 Å². The highest BCUT2D eigenvalue weighted by molar-refractivity contribution is 5.33. The molecule has 0 amide bonds. The van der Waals surface area contributed by atoms with Gasteiger partial charge < -0.3 is 5.32 Å². The van der Waals surface area contributed by atoms with E-state index in [0.717, 1.165) is 24.6 Å². The van der Waals surface area contributed by atoms with Gasteiger partial charge in [-0.1, -0.05) is 6.92 Å². The number of nitrogens with one attached hydrogen (secondary N) is 1. The molecule has 1 aliphatic rings. The normalized spacial score (nSPS) is 17.2. The summed E-state index contributed by atoms with van der Waals surface area (Å²) in [7, 11) is 0. The molecule has 1 unspecified atom stereocenters. The third-order valence-corrected chi connectivity index (χ3v) is 3.40. The zero-order valence-electron chi connectivity index (χ0n) is 10.6. The number of fused-ring (bicyclic) bond motifs is 1. The lowest BCUT2D eigenvalue weighted by atomic mass is 10.1. The van der Waals surface area contributed by atoms with Crippen LogP contribution in [0.15, 0.2) is 12.1 Å². The first-order valence-electron chi connectivity index (χ1n) is 6.64. The molecule has 1 atom stereocenters. The van der Waals surface area contributed by atoms with E-state index < -0.39 is 0 Å². The van der Waals surface area contributed by atoms with Gasteiger partial charge in [-0.25, -0.2) is 0 Å². The molecule has 2 aromatic heterocycles. The Morgan fingerprint density at radius 2 is 2.33 bits per heavy atom. The van der Waals surface area contributed by atoms with Crippen molar-refractivity contribution in [3.8, 4) is 0 Å². The summed E-state index contributed by atoms with van der Waals surface area (Å²) in [6.45, 7) is 3.27. The van der Waals surface area contributed by atoms with E-state index in [1.165, 1.54) is 23.9 Å². The summed E-state index contributed by atoms with van der Waals surface area (Å²) in [6, 6.07) is 4.49. The van der Waals surface area contributed by atoms with Crippen LogP contribution in [0.5, 0.6) is 0 Å². The van der Waals surface area contributed by atoms with E-state index >= 15 is 0 Å². The Kier molecular flexibility index (Phi) is 3.19. The van der Waals surface area contributed by atoms with Crippen molar-refractivity contribution in [2.24, 2.45) is 5.92 Å². The van der Waals surface area contributed by atoms with Gasteiger partial charge in [-0.3, -0.25) is 0 Å². The van der Waals surface area contributed by atoms with Crippen LogP contribution in [0.25, 0.3) is 5.65 Å². The Morgan fingerprint density at radius 1 is 1.44 bits per heavy atom. The lowest BCUT2D eigenvalue weighted by Gasteiger charge is -2.17. The van der Waals surface area contributed by atoms with Gasteiger partial charge in [0.25, 0.3) is 0 Å². The highest BCUT2D eigenvalue weighted by atomic mass is 15.6.